The molecule has 122 valence electrons. The van der Waals surface area contributed by atoms with Gasteiger partial charge in [0.1, 0.15) is 5.52 Å². The van der Waals surface area contributed by atoms with Crippen LogP contribution in [0.15, 0.2) is 22.6 Å². The summed E-state index contributed by atoms with van der Waals surface area (Å²) in [7, 11) is 0. The third kappa shape index (κ3) is 5.47. The second-order valence-corrected chi connectivity index (χ2v) is 6.38. The number of rotatable bonds is 11. The predicted molar refractivity (Wildman–Crippen MR) is 94.3 cm³/mol. The van der Waals surface area contributed by atoms with Crippen LogP contribution in [-0.2, 0) is 12.8 Å². The van der Waals surface area contributed by atoms with E-state index in [-0.39, 0.29) is 0 Å². The van der Waals surface area contributed by atoms with Crippen LogP contribution in [0.25, 0.3) is 11.1 Å². The van der Waals surface area contributed by atoms with Crippen LogP contribution in [0.1, 0.15) is 83.1 Å². The average Bonchev–Trinajstić information content (AvgIpc) is 2.92. The number of fused-ring (bicyclic) bond motifs is 1. The Labute approximate surface area is 135 Å². The van der Waals surface area contributed by atoms with E-state index in [2.05, 4.69) is 37.0 Å². The number of aryl methyl sites for hydroxylation is 2. The van der Waals surface area contributed by atoms with Gasteiger partial charge >= 0.3 is 0 Å². The summed E-state index contributed by atoms with van der Waals surface area (Å²) in [6.07, 6.45) is 14.2. The summed E-state index contributed by atoms with van der Waals surface area (Å²) < 4.78 is 5.74. The Balaban J connectivity index is 1.70. The molecule has 0 saturated carbocycles. The van der Waals surface area contributed by atoms with Gasteiger partial charge in [0.2, 0.25) is 0 Å². The van der Waals surface area contributed by atoms with Gasteiger partial charge in [0.25, 0.3) is 0 Å². The van der Waals surface area contributed by atoms with Crippen molar-refractivity contribution in [3.63, 3.8) is 0 Å². The van der Waals surface area contributed by atoms with Crippen molar-refractivity contribution >= 4 is 11.1 Å². The van der Waals surface area contributed by atoms with Crippen LogP contribution in [0.3, 0.4) is 0 Å². The van der Waals surface area contributed by atoms with Crippen LogP contribution in [0, 0.1) is 0 Å². The van der Waals surface area contributed by atoms with Crippen LogP contribution in [0.4, 0.5) is 0 Å². The second kappa shape index (κ2) is 9.66. The van der Waals surface area contributed by atoms with Gasteiger partial charge in [-0.2, -0.15) is 0 Å². The quantitative estimate of drug-likeness (QED) is 0.445. The Bertz CT molecular complexity index is 544. The highest BCUT2D eigenvalue weighted by Gasteiger charge is 2.05. The minimum absolute atomic E-state index is 0.877. The van der Waals surface area contributed by atoms with Gasteiger partial charge in [-0.05, 0) is 37.0 Å². The van der Waals surface area contributed by atoms with Crippen molar-refractivity contribution < 1.29 is 4.42 Å². The van der Waals surface area contributed by atoms with Gasteiger partial charge in [-0.1, -0.05) is 64.9 Å². The van der Waals surface area contributed by atoms with Crippen molar-refractivity contribution in [3.05, 3.63) is 29.7 Å². The molecule has 0 radical (unpaired) electrons. The molecule has 0 fully saturated rings. The van der Waals surface area contributed by atoms with E-state index in [0.717, 1.165) is 29.8 Å². The normalized spacial score (nSPS) is 11.4. The fourth-order valence-corrected chi connectivity index (χ4v) is 2.96. The first kappa shape index (κ1) is 17.1. The number of aromatic nitrogens is 1. The zero-order valence-corrected chi connectivity index (χ0v) is 14.4. The SMILES string of the molecule is CCCCCCCCCCc1ccc2oc(CCC)nc2c1. The number of hydrogen-bond acceptors (Lipinski definition) is 2. The smallest absolute Gasteiger partial charge is 0.195 e. The molecule has 2 rings (SSSR count). The summed E-state index contributed by atoms with van der Waals surface area (Å²) in [5.74, 6) is 0.877. The van der Waals surface area contributed by atoms with Crippen LogP contribution >= 0.6 is 0 Å². The monoisotopic (exact) mass is 301 g/mol. The summed E-state index contributed by atoms with van der Waals surface area (Å²) in [4.78, 5) is 4.58. The highest BCUT2D eigenvalue weighted by molar-refractivity contribution is 5.73. The molecule has 0 atom stereocenters. The van der Waals surface area contributed by atoms with E-state index in [9.17, 15) is 0 Å². The molecule has 2 aromatic rings. The fourth-order valence-electron chi connectivity index (χ4n) is 2.96. The molecular weight excluding hydrogens is 270 g/mol. The van der Waals surface area contributed by atoms with Crippen molar-refractivity contribution in [3.8, 4) is 0 Å². The number of hydrogen-bond donors (Lipinski definition) is 0. The molecule has 0 unspecified atom stereocenters. The van der Waals surface area contributed by atoms with Gasteiger partial charge in [-0.25, -0.2) is 4.98 Å². The molecule has 1 heterocycles. The molecule has 2 heteroatoms. The summed E-state index contributed by atoms with van der Waals surface area (Å²) >= 11 is 0. The molecule has 2 nitrogen and oxygen atoms in total. The lowest BCUT2D eigenvalue weighted by molar-refractivity contribution is 0.525. The van der Waals surface area contributed by atoms with Gasteiger partial charge in [-0.3, -0.25) is 0 Å². The standard InChI is InChI=1S/C20H31NO/c1-3-5-6-7-8-9-10-11-13-17-14-15-19-18(16-17)21-20(22-19)12-4-2/h14-16H,3-13H2,1-2H3. The maximum Gasteiger partial charge on any atom is 0.195 e. The molecular formula is C20H31NO. The third-order valence-corrected chi connectivity index (χ3v) is 4.28. The minimum atomic E-state index is 0.877. The van der Waals surface area contributed by atoms with E-state index in [1.807, 2.05) is 0 Å². The van der Waals surface area contributed by atoms with Gasteiger partial charge < -0.3 is 4.42 Å². The van der Waals surface area contributed by atoms with Crippen LogP contribution in [-0.4, -0.2) is 4.98 Å². The van der Waals surface area contributed by atoms with E-state index >= 15 is 0 Å². The van der Waals surface area contributed by atoms with Crippen molar-refractivity contribution in [1.82, 2.24) is 4.98 Å². The zero-order valence-electron chi connectivity index (χ0n) is 14.4. The summed E-state index contributed by atoms with van der Waals surface area (Å²) in [6.45, 7) is 4.43. The van der Waals surface area contributed by atoms with E-state index < -0.39 is 0 Å². The molecule has 0 N–H and O–H groups in total. The first-order valence-electron chi connectivity index (χ1n) is 9.21. The van der Waals surface area contributed by atoms with E-state index in [1.165, 1.54) is 63.4 Å². The Morgan fingerprint density at radius 2 is 1.55 bits per heavy atom. The number of oxazole rings is 1. The highest BCUT2D eigenvalue weighted by Crippen LogP contribution is 2.19. The van der Waals surface area contributed by atoms with Crippen molar-refractivity contribution in [2.75, 3.05) is 0 Å². The molecule has 0 aliphatic heterocycles. The largest absolute Gasteiger partial charge is 0.441 e. The number of benzene rings is 1. The molecule has 0 spiro atoms. The summed E-state index contributed by atoms with van der Waals surface area (Å²) in [6, 6.07) is 6.49. The Morgan fingerprint density at radius 3 is 2.27 bits per heavy atom. The first-order valence-corrected chi connectivity index (χ1v) is 9.21. The van der Waals surface area contributed by atoms with E-state index in [4.69, 9.17) is 4.42 Å². The lowest BCUT2D eigenvalue weighted by Crippen LogP contribution is -1.87. The lowest BCUT2D eigenvalue weighted by Gasteiger charge is -2.02. The zero-order chi connectivity index (χ0) is 15.6. The molecule has 0 aliphatic rings. The van der Waals surface area contributed by atoms with Gasteiger partial charge in [0.05, 0.1) is 0 Å². The molecule has 0 bridgehead atoms. The molecule has 0 amide bonds. The van der Waals surface area contributed by atoms with E-state index in [0.29, 0.717) is 0 Å². The molecule has 1 aromatic carbocycles. The third-order valence-electron chi connectivity index (χ3n) is 4.28. The van der Waals surface area contributed by atoms with Gasteiger partial charge in [-0.15, -0.1) is 0 Å². The van der Waals surface area contributed by atoms with Gasteiger partial charge in [0, 0.05) is 6.42 Å². The fraction of sp³-hybridized carbons (Fsp3) is 0.650. The molecule has 1 aromatic heterocycles. The predicted octanol–water partition coefficient (Wildman–Crippen LogP) is 6.46. The Hall–Kier alpha value is -1.31. The van der Waals surface area contributed by atoms with E-state index in [1.54, 1.807) is 0 Å². The van der Waals surface area contributed by atoms with Crippen molar-refractivity contribution in [2.24, 2.45) is 0 Å². The Morgan fingerprint density at radius 1 is 0.818 bits per heavy atom. The van der Waals surface area contributed by atoms with Gasteiger partial charge in [0.15, 0.2) is 11.5 Å². The van der Waals surface area contributed by atoms with Crippen LogP contribution in [0.5, 0.6) is 0 Å². The van der Waals surface area contributed by atoms with Crippen LogP contribution in [0.2, 0.25) is 0 Å². The topological polar surface area (TPSA) is 26.0 Å². The van der Waals surface area contributed by atoms with Crippen LogP contribution < -0.4 is 0 Å². The Kier molecular flexibility index (Phi) is 7.48. The first-order chi connectivity index (χ1) is 10.8. The second-order valence-electron chi connectivity index (χ2n) is 6.38. The lowest BCUT2D eigenvalue weighted by atomic mass is 10.0. The number of unbranched alkanes of at least 4 members (excludes halogenated alkanes) is 7. The summed E-state index contributed by atoms with van der Waals surface area (Å²) in [5, 5.41) is 0. The highest BCUT2D eigenvalue weighted by atomic mass is 16.3. The van der Waals surface area contributed by atoms with Crippen molar-refractivity contribution in [2.45, 2.75) is 84.5 Å². The summed E-state index contributed by atoms with van der Waals surface area (Å²) in [5.41, 5.74) is 3.36. The molecule has 22 heavy (non-hydrogen) atoms. The minimum Gasteiger partial charge on any atom is -0.441 e. The maximum absolute atomic E-state index is 5.74. The molecule has 0 saturated heterocycles. The maximum atomic E-state index is 5.74. The molecule has 0 aliphatic carbocycles. The average molecular weight is 301 g/mol. The van der Waals surface area contributed by atoms with Crippen molar-refractivity contribution in [1.29, 1.82) is 0 Å². The number of nitrogens with zero attached hydrogens (tertiary/aromatic N) is 1.